The van der Waals surface area contributed by atoms with Gasteiger partial charge in [0.2, 0.25) is 0 Å². The molecule has 0 saturated carbocycles. The molecule has 0 amide bonds. The van der Waals surface area contributed by atoms with E-state index in [0.717, 1.165) is 5.56 Å². The van der Waals surface area contributed by atoms with Crippen LogP contribution in [-0.4, -0.2) is 28.2 Å². The van der Waals surface area contributed by atoms with E-state index in [-0.39, 0.29) is 5.78 Å². The van der Waals surface area contributed by atoms with Gasteiger partial charge in [0.1, 0.15) is 0 Å². The van der Waals surface area contributed by atoms with Gasteiger partial charge in [0.05, 0.1) is 18.1 Å². The summed E-state index contributed by atoms with van der Waals surface area (Å²) < 4.78 is 0. The number of hydrogen-bond acceptors (Lipinski definition) is 3. The zero-order chi connectivity index (χ0) is 15.9. The highest BCUT2D eigenvalue weighted by Crippen LogP contribution is 2.20. The standard InChI is InChI=1S/C19H22O3/c1-14(20)18(19(22)16-10-6-3-7-11-16)17(21)13-12-15-8-4-2-5-9-15/h2-11,14,17-18,20-21H,12-13H2,1H3/t14-,17+,18-/m0/s1. The lowest BCUT2D eigenvalue weighted by atomic mass is 9.86. The molecule has 2 rings (SSSR count). The molecule has 0 aliphatic heterocycles. The number of carbonyl (C=O) groups is 1. The van der Waals surface area contributed by atoms with Crippen LogP contribution in [0.25, 0.3) is 0 Å². The van der Waals surface area contributed by atoms with Crippen molar-refractivity contribution in [2.24, 2.45) is 5.92 Å². The smallest absolute Gasteiger partial charge is 0.171 e. The number of benzene rings is 2. The second kappa shape index (κ2) is 7.87. The van der Waals surface area contributed by atoms with E-state index in [2.05, 4.69) is 0 Å². The van der Waals surface area contributed by atoms with Crippen LogP contribution in [0, 0.1) is 5.92 Å². The molecule has 2 aromatic carbocycles. The van der Waals surface area contributed by atoms with Crippen molar-refractivity contribution in [3.8, 4) is 0 Å². The van der Waals surface area contributed by atoms with Crippen LogP contribution in [0.15, 0.2) is 60.7 Å². The number of Topliss-reactive ketones (excluding diaryl/α,β-unsaturated/α-hetero) is 1. The average molecular weight is 298 g/mol. The van der Waals surface area contributed by atoms with Crippen molar-refractivity contribution in [2.75, 3.05) is 0 Å². The number of aliphatic hydroxyl groups is 2. The second-order valence-electron chi connectivity index (χ2n) is 5.59. The summed E-state index contributed by atoms with van der Waals surface area (Å²) in [5.41, 5.74) is 1.63. The Kier molecular flexibility index (Phi) is 5.87. The van der Waals surface area contributed by atoms with Gasteiger partial charge in [-0.25, -0.2) is 0 Å². The van der Waals surface area contributed by atoms with E-state index in [1.54, 1.807) is 31.2 Å². The minimum Gasteiger partial charge on any atom is -0.393 e. The molecule has 0 fully saturated rings. The average Bonchev–Trinajstić information content (AvgIpc) is 2.54. The van der Waals surface area contributed by atoms with Crippen molar-refractivity contribution in [1.29, 1.82) is 0 Å². The predicted octanol–water partition coefficient (Wildman–Crippen LogP) is 2.86. The summed E-state index contributed by atoms with van der Waals surface area (Å²) >= 11 is 0. The molecule has 0 radical (unpaired) electrons. The number of ketones is 1. The molecular formula is C19H22O3. The molecule has 0 spiro atoms. The fraction of sp³-hybridized carbons (Fsp3) is 0.316. The van der Waals surface area contributed by atoms with Crippen molar-refractivity contribution < 1.29 is 15.0 Å². The molecule has 22 heavy (non-hydrogen) atoms. The summed E-state index contributed by atoms with van der Waals surface area (Å²) in [6.45, 7) is 1.55. The van der Waals surface area contributed by atoms with E-state index in [1.165, 1.54) is 0 Å². The topological polar surface area (TPSA) is 57.5 Å². The van der Waals surface area contributed by atoms with Gasteiger partial charge < -0.3 is 10.2 Å². The molecule has 0 aliphatic carbocycles. The first-order chi connectivity index (χ1) is 10.6. The molecule has 116 valence electrons. The van der Waals surface area contributed by atoms with E-state index in [9.17, 15) is 15.0 Å². The molecule has 3 nitrogen and oxygen atoms in total. The molecule has 3 heteroatoms. The predicted molar refractivity (Wildman–Crippen MR) is 86.7 cm³/mol. The first-order valence-electron chi connectivity index (χ1n) is 7.59. The second-order valence-corrected chi connectivity index (χ2v) is 5.59. The highest BCUT2D eigenvalue weighted by Gasteiger charge is 2.31. The zero-order valence-corrected chi connectivity index (χ0v) is 12.7. The molecule has 0 aliphatic rings. The van der Waals surface area contributed by atoms with E-state index < -0.39 is 18.1 Å². The minimum absolute atomic E-state index is 0.212. The summed E-state index contributed by atoms with van der Waals surface area (Å²) in [6.07, 6.45) is -0.641. The molecule has 2 N–H and O–H groups in total. The van der Waals surface area contributed by atoms with Crippen molar-refractivity contribution in [1.82, 2.24) is 0 Å². The van der Waals surface area contributed by atoms with E-state index in [1.807, 2.05) is 36.4 Å². The van der Waals surface area contributed by atoms with E-state index >= 15 is 0 Å². The summed E-state index contributed by atoms with van der Waals surface area (Å²) in [6, 6.07) is 18.6. The fourth-order valence-electron chi connectivity index (χ4n) is 2.65. The summed E-state index contributed by atoms with van der Waals surface area (Å²) in [7, 11) is 0. The maximum Gasteiger partial charge on any atom is 0.171 e. The maximum absolute atomic E-state index is 12.5. The maximum atomic E-state index is 12.5. The number of aliphatic hydroxyl groups excluding tert-OH is 2. The Hall–Kier alpha value is -1.97. The number of aryl methyl sites for hydroxylation is 1. The lowest BCUT2D eigenvalue weighted by Crippen LogP contribution is -2.37. The van der Waals surface area contributed by atoms with Gasteiger partial charge in [-0.05, 0) is 25.3 Å². The van der Waals surface area contributed by atoms with Crippen LogP contribution in [0.1, 0.15) is 29.3 Å². The Morgan fingerprint density at radius 3 is 2.05 bits per heavy atom. The van der Waals surface area contributed by atoms with Gasteiger partial charge in [0.25, 0.3) is 0 Å². The van der Waals surface area contributed by atoms with Crippen molar-refractivity contribution >= 4 is 5.78 Å². The zero-order valence-electron chi connectivity index (χ0n) is 12.7. The van der Waals surface area contributed by atoms with E-state index in [0.29, 0.717) is 18.4 Å². The Balaban J connectivity index is 2.05. The Morgan fingerprint density at radius 2 is 1.50 bits per heavy atom. The molecule has 3 atom stereocenters. The van der Waals surface area contributed by atoms with Crippen molar-refractivity contribution in [2.45, 2.75) is 32.0 Å². The first-order valence-corrected chi connectivity index (χ1v) is 7.59. The van der Waals surface area contributed by atoms with Gasteiger partial charge >= 0.3 is 0 Å². The van der Waals surface area contributed by atoms with E-state index in [4.69, 9.17) is 0 Å². The van der Waals surface area contributed by atoms with Crippen LogP contribution in [0.2, 0.25) is 0 Å². The fourth-order valence-corrected chi connectivity index (χ4v) is 2.65. The molecule has 0 saturated heterocycles. The third kappa shape index (κ3) is 4.26. The Labute approximate surface area is 131 Å². The lowest BCUT2D eigenvalue weighted by molar-refractivity contribution is 0.0200. The van der Waals surface area contributed by atoms with Crippen LogP contribution in [-0.2, 0) is 6.42 Å². The quantitative estimate of drug-likeness (QED) is 0.773. The molecule has 0 bridgehead atoms. The molecular weight excluding hydrogens is 276 g/mol. The molecule has 0 aromatic heterocycles. The highest BCUT2D eigenvalue weighted by molar-refractivity contribution is 5.98. The molecule has 0 unspecified atom stereocenters. The monoisotopic (exact) mass is 298 g/mol. The van der Waals surface area contributed by atoms with Gasteiger partial charge in [0.15, 0.2) is 5.78 Å². The first kappa shape index (κ1) is 16.4. The van der Waals surface area contributed by atoms with Gasteiger partial charge in [-0.2, -0.15) is 0 Å². The largest absolute Gasteiger partial charge is 0.393 e. The summed E-state index contributed by atoms with van der Waals surface area (Å²) in [5.74, 6) is -1.01. The van der Waals surface area contributed by atoms with Crippen molar-refractivity contribution in [3.63, 3.8) is 0 Å². The highest BCUT2D eigenvalue weighted by atomic mass is 16.3. The van der Waals surface area contributed by atoms with Crippen LogP contribution < -0.4 is 0 Å². The van der Waals surface area contributed by atoms with Crippen molar-refractivity contribution in [3.05, 3.63) is 71.8 Å². The lowest BCUT2D eigenvalue weighted by Gasteiger charge is -2.24. The SMILES string of the molecule is C[C@H](O)[C@H](C(=O)c1ccccc1)[C@H](O)CCc1ccccc1. The number of rotatable bonds is 7. The molecule has 2 aromatic rings. The minimum atomic E-state index is -0.890. The number of hydrogen-bond donors (Lipinski definition) is 2. The van der Waals surface area contributed by atoms with Gasteiger partial charge in [-0.1, -0.05) is 60.7 Å². The van der Waals surface area contributed by atoms with Gasteiger partial charge in [-0.3, -0.25) is 4.79 Å². The Bertz CT molecular complexity index is 578. The summed E-state index contributed by atoms with van der Waals surface area (Å²) in [4.78, 5) is 12.5. The normalized spacial score (nSPS) is 15.0. The molecule has 0 heterocycles. The van der Waals surface area contributed by atoms with Gasteiger partial charge in [-0.15, -0.1) is 0 Å². The third-order valence-corrected chi connectivity index (χ3v) is 3.87. The Morgan fingerprint density at radius 1 is 0.955 bits per heavy atom. The van der Waals surface area contributed by atoms with Crippen LogP contribution >= 0.6 is 0 Å². The van der Waals surface area contributed by atoms with Crippen LogP contribution in [0.5, 0.6) is 0 Å². The van der Waals surface area contributed by atoms with Crippen LogP contribution in [0.4, 0.5) is 0 Å². The summed E-state index contributed by atoms with van der Waals surface area (Å²) in [5, 5.41) is 20.3. The van der Waals surface area contributed by atoms with Gasteiger partial charge in [0, 0.05) is 5.56 Å². The van der Waals surface area contributed by atoms with Crippen LogP contribution in [0.3, 0.4) is 0 Å². The number of carbonyl (C=O) groups excluding carboxylic acids is 1. The third-order valence-electron chi connectivity index (χ3n) is 3.87.